The Morgan fingerprint density at radius 3 is 2.72 bits per heavy atom. The summed E-state index contributed by atoms with van der Waals surface area (Å²) in [6, 6.07) is 0. The molecule has 0 atom stereocenters. The fourth-order valence-electron chi connectivity index (χ4n) is 1.25. The van der Waals surface area contributed by atoms with Crippen molar-refractivity contribution < 1.29 is 19.1 Å². The van der Waals surface area contributed by atoms with Crippen LogP contribution in [0.25, 0.3) is 6.08 Å². The molecule has 0 aliphatic carbocycles. The van der Waals surface area contributed by atoms with E-state index in [4.69, 9.17) is 9.47 Å². The second kappa shape index (κ2) is 7.26. The van der Waals surface area contributed by atoms with Gasteiger partial charge in [0.25, 0.3) is 0 Å². The molecule has 1 heterocycles. The van der Waals surface area contributed by atoms with Crippen molar-refractivity contribution in [1.82, 2.24) is 9.55 Å². The number of rotatable bonds is 6. The first-order valence-corrected chi connectivity index (χ1v) is 5.68. The van der Waals surface area contributed by atoms with Gasteiger partial charge in [0.05, 0.1) is 25.2 Å². The minimum Gasteiger partial charge on any atom is -0.465 e. The third-order valence-electron chi connectivity index (χ3n) is 1.95. The molecule has 6 nitrogen and oxygen atoms in total. The molecule has 0 fully saturated rings. The lowest BCUT2D eigenvalue weighted by Crippen LogP contribution is -2.11. The van der Waals surface area contributed by atoms with Crippen LogP contribution >= 0.6 is 0 Å². The molecule has 18 heavy (non-hydrogen) atoms. The highest BCUT2D eigenvalue weighted by atomic mass is 16.5. The van der Waals surface area contributed by atoms with E-state index in [1.165, 1.54) is 18.5 Å². The van der Waals surface area contributed by atoms with Gasteiger partial charge in [-0.05, 0) is 19.9 Å². The monoisotopic (exact) mass is 252 g/mol. The highest BCUT2D eigenvalue weighted by Gasteiger charge is 2.03. The van der Waals surface area contributed by atoms with Gasteiger partial charge in [-0.25, -0.2) is 9.78 Å². The zero-order valence-corrected chi connectivity index (χ0v) is 10.5. The number of ether oxygens (including phenoxy) is 2. The van der Waals surface area contributed by atoms with Crippen molar-refractivity contribution in [2.24, 2.45) is 0 Å². The summed E-state index contributed by atoms with van der Waals surface area (Å²) in [5, 5.41) is 0. The lowest BCUT2D eigenvalue weighted by atomic mass is 10.4. The van der Waals surface area contributed by atoms with E-state index in [-0.39, 0.29) is 12.5 Å². The fourth-order valence-corrected chi connectivity index (χ4v) is 1.25. The average Bonchev–Trinajstić information content (AvgIpc) is 2.75. The molecule has 1 aromatic rings. The molecule has 0 aliphatic rings. The summed E-state index contributed by atoms with van der Waals surface area (Å²) < 4.78 is 11.1. The molecule has 0 radical (unpaired) electrons. The molecule has 6 heteroatoms. The van der Waals surface area contributed by atoms with Crippen LogP contribution in [0.4, 0.5) is 0 Å². The molecular weight excluding hydrogens is 236 g/mol. The van der Waals surface area contributed by atoms with E-state index in [0.29, 0.717) is 18.9 Å². The Morgan fingerprint density at radius 2 is 2.06 bits per heavy atom. The molecule has 0 bridgehead atoms. The average molecular weight is 252 g/mol. The predicted octanol–water partition coefficient (Wildman–Crippen LogP) is 1.02. The second-order valence-corrected chi connectivity index (χ2v) is 3.36. The summed E-state index contributed by atoms with van der Waals surface area (Å²) in [5.74, 6) is -0.742. The molecule has 0 aromatic carbocycles. The van der Waals surface area contributed by atoms with Crippen molar-refractivity contribution >= 4 is 18.0 Å². The van der Waals surface area contributed by atoms with Gasteiger partial charge in [-0.1, -0.05) is 0 Å². The van der Waals surface area contributed by atoms with Crippen LogP contribution in [0.3, 0.4) is 0 Å². The van der Waals surface area contributed by atoms with Crippen molar-refractivity contribution in [1.29, 1.82) is 0 Å². The highest BCUT2D eigenvalue weighted by Crippen LogP contribution is 2.00. The van der Waals surface area contributed by atoms with Crippen LogP contribution in [-0.4, -0.2) is 34.7 Å². The van der Waals surface area contributed by atoms with E-state index >= 15 is 0 Å². The van der Waals surface area contributed by atoms with Gasteiger partial charge in [-0.3, -0.25) is 4.79 Å². The van der Waals surface area contributed by atoms with Gasteiger partial charge in [0, 0.05) is 12.3 Å². The molecule has 0 saturated heterocycles. The van der Waals surface area contributed by atoms with Crippen molar-refractivity contribution in [3.8, 4) is 0 Å². The number of esters is 2. The van der Waals surface area contributed by atoms with E-state index in [1.54, 1.807) is 24.6 Å². The van der Waals surface area contributed by atoms with Crippen LogP contribution in [-0.2, 0) is 25.6 Å². The van der Waals surface area contributed by atoms with E-state index in [1.807, 2.05) is 0 Å². The number of imidazole rings is 1. The van der Waals surface area contributed by atoms with Crippen LogP contribution < -0.4 is 0 Å². The standard InChI is InChI=1S/C12H16N2O4/c1-3-17-11(15)6-5-10-7-14(9-13-10)8-12(16)18-4-2/h5-7,9H,3-4,8H2,1-2H3. The largest absolute Gasteiger partial charge is 0.465 e. The molecule has 0 N–H and O–H groups in total. The highest BCUT2D eigenvalue weighted by molar-refractivity contribution is 5.86. The minimum absolute atomic E-state index is 0.105. The smallest absolute Gasteiger partial charge is 0.330 e. The molecule has 1 aromatic heterocycles. The van der Waals surface area contributed by atoms with Gasteiger partial charge in [-0.15, -0.1) is 0 Å². The van der Waals surface area contributed by atoms with Crippen LogP contribution in [0.15, 0.2) is 18.6 Å². The summed E-state index contributed by atoms with van der Waals surface area (Å²) in [5.41, 5.74) is 0.576. The predicted molar refractivity (Wildman–Crippen MR) is 64.5 cm³/mol. The number of carbonyl (C=O) groups is 2. The quantitative estimate of drug-likeness (QED) is 0.558. The first-order valence-electron chi connectivity index (χ1n) is 5.68. The first-order chi connectivity index (χ1) is 8.65. The molecule has 0 amide bonds. The summed E-state index contributed by atoms with van der Waals surface area (Å²) in [7, 11) is 0. The van der Waals surface area contributed by atoms with Gasteiger partial charge >= 0.3 is 11.9 Å². The van der Waals surface area contributed by atoms with Crippen LogP contribution in [0, 0.1) is 0 Å². The molecule has 0 unspecified atom stereocenters. The molecule has 1 rings (SSSR count). The molecular formula is C12H16N2O4. The Morgan fingerprint density at radius 1 is 1.33 bits per heavy atom. The molecule has 98 valence electrons. The molecule has 0 spiro atoms. The summed E-state index contributed by atoms with van der Waals surface area (Å²) in [6.45, 7) is 4.27. The Hall–Kier alpha value is -2.11. The minimum atomic E-state index is -0.419. The van der Waals surface area contributed by atoms with E-state index in [9.17, 15) is 9.59 Å². The fraction of sp³-hybridized carbons (Fsp3) is 0.417. The van der Waals surface area contributed by atoms with E-state index in [2.05, 4.69) is 4.98 Å². The maximum Gasteiger partial charge on any atom is 0.330 e. The van der Waals surface area contributed by atoms with E-state index < -0.39 is 5.97 Å². The maximum absolute atomic E-state index is 11.2. The Balaban J connectivity index is 2.53. The van der Waals surface area contributed by atoms with Crippen molar-refractivity contribution in [2.75, 3.05) is 13.2 Å². The summed E-state index contributed by atoms with van der Waals surface area (Å²) >= 11 is 0. The van der Waals surface area contributed by atoms with Crippen molar-refractivity contribution in [3.63, 3.8) is 0 Å². The molecule has 0 aliphatic heterocycles. The number of hydrogen-bond donors (Lipinski definition) is 0. The van der Waals surface area contributed by atoms with Gasteiger partial charge in [0.1, 0.15) is 6.54 Å². The normalized spacial score (nSPS) is 10.6. The zero-order chi connectivity index (χ0) is 13.4. The number of nitrogens with zero attached hydrogens (tertiary/aromatic N) is 2. The third-order valence-corrected chi connectivity index (χ3v) is 1.95. The van der Waals surface area contributed by atoms with Crippen LogP contribution in [0.5, 0.6) is 0 Å². The topological polar surface area (TPSA) is 70.4 Å². The lowest BCUT2D eigenvalue weighted by molar-refractivity contribution is -0.143. The number of hydrogen-bond acceptors (Lipinski definition) is 5. The Bertz CT molecular complexity index is 437. The Kier molecular flexibility index (Phi) is 5.63. The van der Waals surface area contributed by atoms with Gasteiger partial charge < -0.3 is 14.0 Å². The lowest BCUT2D eigenvalue weighted by Gasteiger charge is -2.00. The van der Waals surface area contributed by atoms with Gasteiger partial charge in [-0.2, -0.15) is 0 Å². The van der Waals surface area contributed by atoms with Crippen LogP contribution in [0.1, 0.15) is 19.5 Å². The number of carbonyl (C=O) groups excluding carboxylic acids is 2. The molecule has 0 saturated carbocycles. The SMILES string of the molecule is CCOC(=O)C=Cc1cn(CC(=O)OCC)cn1. The van der Waals surface area contributed by atoms with Gasteiger partial charge in [0.15, 0.2) is 0 Å². The third kappa shape index (κ3) is 4.82. The first kappa shape index (κ1) is 14.0. The Labute approximate surface area is 105 Å². The maximum atomic E-state index is 11.2. The second-order valence-electron chi connectivity index (χ2n) is 3.36. The summed E-state index contributed by atoms with van der Waals surface area (Å²) in [6.07, 6.45) is 5.97. The van der Waals surface area contributed by atoms with E-state index in [0.717, 1.165) is 0 Å². The van der Waals surface area contributed by atoms with Gasteiger partial charge in [0.2, 0.25) is 0 Å². The van der Waals surface area contributed by atoms with Crippen molar-refractivity contribution in [3.05, 3.63) is 24.3 Å². The number of aromatic nitrogens is 2. The van der Waals surface area contributed by atoms with Crippen molar-refractivity contribution in [2.45, 2.75) is 20.4 Å². The van der Waals surface area contributed by atoms with Crippen LogP contribution in [0.2, 0.25) is 0 Å². The summed E-state index contributed by atoms with van der Waals surface area (Å²) in [4.78, 5) is 26.3. The zero-order valence-electron chi connectivity index (χ0n) is 10.5.